The number of hydrogen-bond acceptors (Lipinski definition) is 0. The van der Waals surface area contributed by atoms with Gasteiger partial charge in [0, 0.05) is 21.5 Å². The molecule has 0 radical (unpaired) electrons. The molecule has 43 heavy (non-hydrogen) atoms. The molecule has 0 saturated carbocycles. The molecule has 0 aliphatic carbocycles. The first-order chi connectivity index (χ1) is 21.3. The topological polar surface area (TPSA) is 4.41 Å². The number of rotatable bonds is 4. The van der Waals surface area contributed by atoms with Crippen molar-refractivity contribution in [3.8, 4) is 44.5 Å². The first-order valence-electron chi connectivity index (χ1n) is 14.9. The molecule has 0 spiro atoms. The van der Waals surface area contributed by atoms with E-state index in [0.29, 0.717) is 0 Å². The van der Waals surface area contributed by atoms with E-state index < -0.39 is 0 Å². The van der Waals surface area contributed by atoms with Crippen LogP contribution in [-0.2, 0) is 0 Å². The second kappa shape index (κ2) is 9.44. The number of nitrogens with zero attached hydrogens (tertiary/aromatic N) is 1. The second-order valence-corrected chi connectivity index (χ2v) is 11.4. The molecule has 1 nitrogen and oxygen atoms in total. The van der Waals surface area contributed by atoms with E-state index in [4.69, 9.17) is 0 Å². The second-order valence-electron chi connectivity index (χ2n) is 11.4. The lowest BCUT2D eigenvalue weighted by Crippen LogP contribution is -1.85. The van der Waals surface area contributed by atoms with Gasteiger partial charge in [-0.1, -0.05) is 133 Å². The lowest BCUT2D eigenvalue weighted by atomic mass is 9.95. The quantitative estimate of drug-likeness (QED) is 0.207. The van der Waals surface area contributed by atoms with E-state index in [1.165, 1.54) is 82.6 Å². The number of fused-ring (bicyclic) bond motifs is 6. The third-order valence-electron chi connectivity index (χ3n) is 8.94. The van der Waals surface area contributed by atoms with Gasteiger partial charge in [0.05, 0.1) is 16.6 Å². The summed E-state index contributed by atoms with van der Waals surface area (Å²) in [6.45, 7) is 0. The molecule has 7 aromatic carbocycles. The van der Waals surface area contributed by atoms with Gasteiger partial charge < -0.3 is 4.40 Å². The number of para-hydroxylation sites is 2. The van der Waals surface area contributed by atoms with E-state index in [1.807, 2.05) is 0 Å². The van der Waals surface area contributed by atoms with Crippen LogP contribution in [0.3, 0.4) is 0 Å². The highest BCUT2D eigenvalue weighted by atomic mass is 14.9. The maximum absolute atomic E-state index is 2.44. The first kappa shape index (κ1) is 24.0. The van der Waals surface area contributed by atoms with Crippen LogP contribution in [0.2, 0.25) is 0 Å². The molecule has 2 aromatic heterocycles. The summed E-state index contributed by atoms with van der Waals surface area (Å²) in [7, 11) is 0. The van der Waals surface area contributed by atoms with Crippen molar-refractivity contribution in [1.29, 1.82) is 0 Å². The Hall–Kier alpha value is -5.66. The fourth-order valence-corrected chi connectivity index (χ4v) is 6.85. The Labute approximate surface area is 250 Å². The molecule has 2 heterocycles. The Kier molecular flexibility index (Phi) is 5.27. The monoisotopic (exact) mass is 545 g/mol. The lowest BCUT2D eigenvalue weighted by Gasteiger charge is -2.10. The van der Waals surface area contributed by atoms with Gasteiger partial charge in [-0.2, -0.15) is 0 Å². The zero-order chi connectivity index (χ0) is 28.3. The summed E-state index contributed by atoms with van der Waals surface area (Å²) >= 11 is 0. The molecule has 0 fully saturated rings. The normalized spacial score (nSPS) is 11.7. The number of aromatic nitrogens is 1. The Morgan fingerprint density at radius 3 is 1.37 bits per heavy atom. The maximum atomic E-state index is 2.44. The van der Waals surface area contributed by atoms with Crippen molar-refractivity contribution in [2.75, 3.05) is 0 Å². The molecule has 0 N–H and O–H groups in total. The molecule has 0 bridgehead atoms. The minimum absolute atomic E-state index is 1.22. The van der Waals surface area contributed by atoms with E-state index in [-0.39, 0.29) is 0 Å². The summed E-state index contributed by atoms with van der Waals surface area (Å²) < 4.78 is 2.44. The van der Waals surface area contributed by atoms with Crippen LogP contribution in [0.15, 0.2) is 164 Å². The van der Waals surface area contributed by atoms with Crippen LogP contribution < -0.4 is 0 Å². The molecule has 0 aliphatic rings. The zero-order valence-corrected chi connectivity index (χ0v) is 23.5. The van der Waals surface area contributed by atoms with E-state index in [2.05, 4.69) is 168 Å². The summed E-state index contributed by atoms with van der Waals surface area (Å²) in [5.74, 6) is 0. The van der Waals surface area contributed by atoms with Gasteiger partial charge in [-0.3, -0.25) is 0 Å². The smallest absolute Gasteiger partial charge is 0.0620 e. The Morgan fingerprint density at radius 1 is 0.256 bits per heavy atom. The standard InChI is InChI=1S/C42H27N/c1-2-9-28(10-3-1)29-19-21-30(22-20-29)31-11-6-12-32(25-31)33-13-7-14-34(26-33)35-23-24-41-39(27-35)38-17-8-16-37-36-15-4-5-18-40(36)43(41)42(37)38/h1-27H. The van der Waals surface area contributed by atoms with Crippen molar-refractivity contribution >= 4 is 38.1 Å². The Bertz CT molecular complexity index is 2430. The molecule has 9 aromatic rings. The van der Waals surface area contributed by atoms with Crippen molar-refractivity contribution in [2.24, 2.45) is 0 Å². The van der Waals surface area contributed by atoms with Crippen LogP contribution in [0.4, 0.5) is 0 Å². The number of hydrogen-bond donors (Lipinski definition) is 0. The van der Waals surface area contributed by atoms with Crippen molar-refractivity contribution in [3.05, 3.63) is 164 Å². The predicted molar refractivity (Wildman–Crippen MR) is 183 cm³/mol. The van der Waals surface area contributed by atoms with Gasteiger partial charge in [0.1, 0.15) is 0 Å². The fourth-order valence-electron chi connectivity index (χ4n) is 6.85. The van der Waals surface area contributed by atoms with E-state index in [0.717, 1.165) is 0 Å². The highest BCUT2D eigenvalue weighted by Gasteiger charge is 2.17. The molecule has 1 heteroatoms. The van der Waals surface area contributed by atoms with E-state index in [9.17, 15) is 0 Å². The zero-order valence-electron chi connectivity index (χ0n) is 23.5. The molecule has 0 saturated heterocycles. The average molecular weight is 546 g/mol. The minimum atomic E-state index is 1.22. The van der Waals surface area contributed by atoms with Crippen LogP contribution in [0.25, 0.3) is 82.6 Å². The maximum Gasteiger partial charge on any atom is 0.0620 e. The third-order valence-corrected chi connectivity index (χ3v) is 8.94. The summed E-state index contributed by atoms with van der Waals surface area (Å²) in [5.41, 5.74) is 13.7. The van der Waals surface area contributed by atoms with Gasteiger partial charge in [0.2, 0.25) is 0 Å². The molecule has 200 valence electrons. The minimum Gasteiger partial charge on any atom is -0.308 e. The SMILES string of the molecule is c1ccc(-c2ccc(-c3cccc(-c4cccc(-c5ccc6c(c5)c5cccc7c8ccccc8n6c75)c4)c3)cc2)cc1. The van der Waals surface area contributed by atoms with Crippen molar-refractivity contribution in [1.82, 2.24) is 4.40 Å². The fraction of sp³-hybridized carbons (Fsp3) is 0. The molecule has 0 aliphatic heterocycles. The van der Waals surface area contributed by atoms with Crippen LogP contribution in [0.5, 0.6) is 0 Å². The van der Waals surface area contributed by atoms with Crippen molar-refractivity contribution < 1.29 is 0 Å². The Morgan fingerprint density at radius 2 is 0.674 bits per heavy atom. The molecular formula is C42H27N. The van der Waals surface area contributed by atoms with E-state index in [1.54, 1.807) is 0 Å². The van der Waals surface area contributed by atoms with Gasteiger partial charge in [-0.15, -0.1) is 0 Å². The van der Waals surface area contributed by atoms with E-state index >= 15 is 0 Å². The van der Waals surface area contributed by atoms with Gasteiger partial charge >= 0.3 is 0 Å². The summed E-state index contributed by atoms with van der Waals surface area (Å²) in [6, 6.07) is 59.6. The summed E-state index contributed by atoms with van der Waals surface area (Å²) in [4.78, 5) is 0. The lowest BCUT2D eigenvalue weighted by molar-refractivity contribution is 1.37. The third kappa shape index (κ3) is 3.79. The predicted octanol–water partition coefficient (Wildman–Crippen LogP) is 11.5. The van der Waals surface area contributed by atoms with Crippen LogP contribution in [0.1, 0.15) is 0 Å². The van der Waals surface area contributed by atoms with Gasteiger partial charge in [0.15, 0.2) is 0 Å². The van der Waals surface area contributed by atoms with Gasteiger partial charge in [-0.05, 0) is 74.8 Å². The van der Waals surface area contributed by atoms with Crippen LogP contribution in [-0.4, -0.2) is 4.40 Å². The van der Waals surface area contributed by atoms with Gasteiger partial charge in [-0.25, -0.2) is 0 Å². The molecular weight excluding hydrogens is 518 g/mol. The molecule has 0 unspecified atom stereocenters. The first-order valence-corrected chi connectivity index (χ1v) is 14.9. The van der Waals surface area contributed by atoms with Gasteiger partial charge in [0.25, 0.3) is 0 Å². The molecule has 0 atom stereocenters. The highest BCUT2D eigenvalue weighted by Crippen LogP contribution is 2.40. The molecule has 9 rings (SSSR count). The highest BCUT2D eigenvalue weighted by molar-refractivity contribution is 6.23. The van der Waals surface area contributed by atoms with Crippen LogP contribution in [0, 0.1) is 0 Å². The van der Waals surface area contributed by atoms with Crippen LogP contribution >= 0.6 is 0 Å². The average Bonchev–Trinajstić information content (AvgIpc) is 3.61. The summed E-state index contributed by atoms with van der Waals surface area (Å²) in [5, 5.41) is 5.25. The molecule has 0 amide bonds. The Balaban J connectivity index is 1.10. The van der Waals surface area contributed by atoms with Crippen molar-refractivity contribution in [3.63, 3.8) is 0 Å². The van der Waals surface area contributed by atoms with Crippen molar-refractivity contribution in [2.45, 2.75) is 0 Å². The summed E-state index contributed by atoms with van der Waals surface area (Å²) in [6.07, 6.45) is 0. The number of benzene rings is 7. The largest absolute Gasteiger partial charge is 0.308 e.